The van der Waals surface area contributed by atoms with E-state index in [0.717, 1.165) is 102 Å². The molecule has 91 heavy (non-hydrogen) atoms. The van der Waals surface area contributed by atoms with Gasteiger partial charge in [0, 0.05) is 25.7 Å². The van der Waals surface area contributed by atoms with Crippen LogP contribution in [0.25, 0.3) is 0 Å². The van der Waals surface area contributed by atoms with Crippen molar-refractivity contribution >= 4 is 39.5 Å². The van der Waals surface area contributed by atoms with Crippen molar-refractivity contribution < 1.29 is 80.2 Å². The average Bonchev–Trinajstić information content (AvgIpc) is 3.18. The third kappa shape index (κ3) is 66.5. The number of carbonyl (C=O) groups is 4. The van der Waals surface area contributed by atoms with Crippen molar-refractivity contribution in [2.24, 2.45) is 11.8 Å². The molecule has 0 aromatic rings. The standard InChI is InChI=1S/C72H140O17P2/c1-7-9-11-13-15-17-23-32-38-44-50-56-71(76)88-67(60-82-69(74)54-48-42-36-30-18-16-14-12-10-8-2)62-86-90(78,79)84-58-66(73)59-85-91(80,81)87-63-68(89-72(77)57-51-45-39-33-27-22-20-25-29-35-41-47-53-65(5)6)61-83-70(75)55-49-43-37-31-26-21-19-24-28-34-40-46-52-64(3)4/h64-68,73H,7-63H2,1-6H3,(H,78,79)(H,80,81)/t66-,67+,68+/m0/s1. The van der Waals surface area contributed by atoms with E-state index in [9.17, 15) is 43.2 Å². The van der Waals surface area contributed by atoms with Crippen molar-refractivity contribution in [3.63, 3.8) is 0 Å². The summed E-state index contributed by atoms with van der Waals surface area (Å²) in [5.74, 6) is -0.561. The Labute approximate surface area is 556 Å². The lowest BCUT2D eigenvalue weighted by Gasteiger charge is -2.21. The Morgan fingerprint density at radius 2 is 0.505 bits per heavy atom. The molecule has 0 spiro atoms. The van der Waals surface area contributed by atoms with E-state index in [1.807, 2.05) is 0 Å². The minimum absolute atomic E-state index is 0.107. The monoisotopic (exact) mass is 1340 g/mol. The molecule has 17 nitrogen and oxygen atoms in total. The van der Waals surface area contributed by atoms with Crippen LogP contribution in [0.5, 0.6) is 0 Å². The van der Waals surface area contributed by atoms with Crippen molar-refractivity contribution in [1.82, 2.24) is 0 Å². The molecular weight excluding hydrogens is 1200 g/mol. The number of aliphatic hydroxyl groups excluding tert-OH is 1. The van der Waals surface area contributed by atoms with Gasteiger partial charge >= 0.3 is 39.5 Å². The van der Waals surface area contributed by atoms with E-state index < -0.39 is 97.5 Å². The summed E-state index contributed by atoms with van der Waals surface area (Å²) in [6.07, 6.45) is 49.8. The van der Waals surface area contributed by atoms with E-state index in [4.69, 9.17) is 37.0 Å². The van der Waals surface area contributed by atoms with Gasteiger partial charge in [0.05, 0.1) is 26.4 Å². The number of carbonyl (C=O) groups excluding carboxylic acids is 4. The largest absolute Gasteiger partial charge is 0.472 e. The Morgan fingerprint density at radius 1 is 0.297 bits per heavy atom. The van der Waals surface area contributed by atoms with Gasteiger partial charge < -0.3 is 33.8 Å². The first-order valence-corrected chi connectivity index (χ1v) is 40.5. The molecule has 0 aliphatic rings. The second-order valence-electron chi connectivity index (χ2n) is 26.9. The summed E-state index contributed by atoms with van der Waals surface area (Å²) in [5, 5.41) is 10.6. The number of esters is 4. The summed E-state index contributed by atoms with van der Waals surface area (Å²) in [6, 6.07) is 0. The number of unbranched alkanes of at least 4 members (excludes halogenated alkanes) is 41. The van der Waals surface area contributed by atoms with Crippen molar-refractivity contribution in [1.29, 1.82) is 0 Å². The molecule has 0 fully saturated rings. The molecule has 2 unspecified atom stereocenters. The highest BCUT2D eigenvalue weighted by molar-refractivity contribution is 7.47. The van der Waals surface area contributed by atoms with Gasteiger partial charge in [-0.2, -0.15) is 0 Å². The van der Waals surface area contributed by atoms with E-state index in [2.05, 4.69) is 41.5 Å². The highest BCUT2D eigenvalue weighted by Gasteiger charge is 2.30. The molecule has 5 atom stereocenters. The molecular formula is C72H140O17P2. The maximum atomic E-state index is 13.0. The van der Waals surface area contributed by atoms with E-state index >= 15 is 0 Å². The van der Waals surface area contributed by atoms with Crippen LogP contribution >= 0.6 is 15.6 Å². The lowest BCUT2D eigenvalue weighted by molar-refractivity contribution is -0.161. The summed E-state index contributed by atoms with van der Waals surface area (Å²) in [6.45, 7) is 9.58. The Balaban J connectivity index is 5.24. The molecule has 3 N–H and O–H groups in total. The molecule has 540 valence electrons. The topological polar surface area (TPSA) is 237 Å². The van der Waals surface area contributed by atoms with E-state index in [1.165, 1.54) is 186 Å². The van der Waals surface area contributed by atoms with Crippen LogP contribution in [0.15, 0.2) is 0 Å². The molecule has 0 radical (unpaired) electrons. The fraction of sp³-hybridized carbons (Fsp3) is 0.944. The van der Waals surface area contributed by atoms with Gasteiger partial charge in [-0.25, -0.2) is 9.13 Å². The summed E-state index contributed by atoms with van der Waals surface area (Å²) >= 11 is 0. The zero-order chi connectivity index (χ0) is 67.2. The highest BCUT2D eigenvalue weighted by Crippen LogP contribution is 2.45. The van der Waals surface area contributed by atoms with Gasteiger partial charge in [-0.3, -0.25) is 37.3 Å². The van der Waals surface area contributed by atoms with Gasteiger partial charge in [-0.1, -0.05) is 318 Å². The minimum Gasteiger partial charge on any atom is -0.462 e. The Kier molecular flexibility index (Phi) is 62.7. The number of phosphoric ester groups is 2. The first-order chi connectivity index (χ1) is 43.9. The molecule has 0 saturated carbocycles. The molecule has 0 aromatic carbocycles. The van der Waals surface area contributed by atoms with Crippen LogP contribution in [-0.4, -0.2) is 96.7 Å². The van der Waals surface area contributed by atoms with Crippen molar-refractivity contribution in [2.75, 3.05) is 39.6 Å². The lowest BCUT2D eigenvalue weighted by atomic mass is 10.0. The van der Waals surface area contributed by atoms with E-state index in [0.29, 0.717) is 25.7 Å². The molecule has 0 amide bonds. The fourth-order valence-electron chi connectivity index (χ4n) is 10.9. The average molecular weight is 1340 g/mol. The molecule has 0 aliphatic heterocycles. The van der Waals surface area contributed by atoms with Crippen molar-refractivity contribution in [3.05, 3.63) is 0 Å². The maximum Gasteiger partial charge on any atom is 0.472 e. The third-order valence-corrected chi connectivity index (χ3v) is 18.6. The number of aliphatic hydroxyl groups is 1. The van der Waals surface area contributed by atoms with Gasteiger partial charge in [0.25, 0.3) is 0 Å². The summed E-state index contributed by atoms with van der Waals surface area (Å²) in [7, 11) is -9.90. The first kappa shape index (κ1) is 89.1. The molecule has 0 aromatic heterocycles. The number of hydrogen-bond donors (Lipinski definition) is 3. The predicted molar refractivity (Wildman–Crippen MR) is 368 cm³/mol. The van der Waals surface area contributed by atoms with Crippen LogP contribution in [0, 0.1) is 11.8 Å². The number of ether oxygens (including phenoxy) is 4. The molecule has 0 rings (SSSR count). The molecule has 0 heterocycles. The van der Waals surface area contributed by atoms with Crippen LogP contribution in [0.1, 0.15) is 369 Å². The van der Waals surface area contributed by atoms with Gasteiger partial charge in [-0.15, -0.1) is 0 Å². The van der Waals surface area contributed by atoms with Crippen LogP contribution in [0.3, 0.4) is 0 Å². The molecule has 0 aliphatic carbocycles. The van der Waals surface area contributed by atoms with Crippen molar-refractivity contribution in [3.8, 4) is 0 Å². The van der Waals surface area contributed by atoms with E-state index in [-0.39, 0.29) is 25.7 Å². The zero-order valence-electron chi connectivity index (χ0n) is 59.1. The third-order valence-electron chi connectivity index (χ3n) is 16.7. The van der Waals surface area contributed by atoms with Crippen LogP contribution in [0.4, 0.5) is 0 Å². The Hall–Kier alpha value is -1.94. The van der Waals surface area contributed by atoms with Crippen LogP contribution < -0.4 is 0 Å². The number of phosphoric acid groups is 2. The Morgan fingerprint density at radius 3 is 0.747 bits per heavy atom. The molecule has 19 heteroatoms. The summed E-state index contributed by atoms with van der Waals surface area (Å²) in [4.78, 5) is 72.6. The lowest BCUT2D eigenvalue weighted by Crippen LogP contribution is -2.30. The first-order valence-electron chi connectivity index (χ1n) is 37.5. The predicted octanol–water partition coefficient (Wildman–Crippen LogP) is 20.8. The number of rotatable bonds is 71. The van der Waals surface area contributed by atoms with Gasteiger partial charge in [0.2, 0.25) is 0 Å². The molecule has 0 bridgehead atoms. The fourth-order valence-corrected chi connectivity index (χ4v) is 12.5. The quantitative estimate of drug-likeness (QED) is 0.0222. The van der Waals surface area contributed by atoms with E-state index in [1.54, 1.807) is 0 Å². The van der Waals surface area contributed by atoms with Gasteiger partial charge in [0.15, 0.2) is 12.2 Å². The molecule has 0 saturated heterocycles. The normalized spacial score (nSPS) is 14.1. The summed E-state index contributed by atoms with van der Waals surface area (Å²) < 4.78 is 68.4. The van der Waals surface area contributed by atoms with Crippen LogP contribution in [-0.2, 0) is 65.4 Å². The minimum atomic E-state index is -4.95. The maximum absolute atomic E-state index is 13.0. The summed E-state index contributed by atoms with van der Waals surface area (Å²) in [5.41, 5.74) is 0. The number of hydrogen-bond acceptors (Lipinski definition) is 15. The zero-order valence-corrected chi connectivity index (χ0v) is 60.9. The SMILES string of the molecule is CCCCCCCCCCCCCC(=O)O[C@H](COC(=O)CCCCCCCCCCCC)COP(=O)(O)OC[C@H](O)COP(=O)(O)OC[C@@H](COC(=O)CCCCCCCCCCCCCCC(C)C)OC(=O)CCCCCCCCCCCCCCC(C)C. The van der Waals surface area contributed by atoms with Gasteiger partial charge in [-0.05, 0) is 37.5 Å². The van der Waals surface area contributed by atoms with Gasteiger partial charge in [0.1, 0.15) is 19.3 Å². The van der Waals surface area contributed by atoms with Crippen molar-refractivity contribution in [2.45, 2.75) is 387 Å². The Bertz CT molecular complexity index is 1770. The highest BCUT2D eigenvalue weighted by atomic mass is 31.2. The smallest absolute Gasteiger partial charge is 0.462 e. The second kappa shape index (κ2) is 64.1. The van der Waals surface area contributed by atoms with Crippen LogP contribution in [0.2, 0.25) is 0 Å². The second-order valence-corrected chi connectivity index (χ2v) is 29.8.